The van der Waals surface area contributed by atoms with Crippen LogP contribution in [-0.2, 0) is 17.8 Å². The van der Waals surface area contributed by atoms with E-state index in [0.29, 0.717) is 5.92 Å². The van der Waals surface area contributed by atoms with Gasteiger partial charge in [-0.3, -0.25) is 4.79 Å². The third-order valence-electron chi connectivity index (χ3n) is 4.01. The number of aromatic nitrogens is 2. The smallest absolute Gasteiger partial charge is 0.223 e. The van der Waals surface area contributed by atoms with Crippen molar-refractivity contribution in [2.75, 3.05) is 6.54 Å². The molecule has 21 heavy (non-hydrogen) atoms. The van der Waals surface area contributed by atoms with Gasteiger partial charge in [0.2, 0.25) is 5.91 Å². The van der Waals surface area contributed by atoms with Crippen molar-refractivity contribution in [3.05, 3.63) is 30.1 Å². The van der Waals surface area contributed by atoms with Gasteiger partial charge >= 0.3 is 0 Å². The summed E-state index contributed by atoms with van der Waals surface area (Å²) in [5, 5.41) is 3.02. The molecule has 4 nitrogen and oxygen atoms in total. The molecular weight excluding hydrogens is 262 g/mol. The largest absolute Gasteiger partial charge is 0.356 e. The molecule has 0 atom stereocenters. The third-order valence-corrected chi connectivity index (χ3v) is 4.01. The molecule has 1 N–H and O–H groups in total. The fourth-order valence-electron chi connectivity index (χ4n) is 2.74. The molecule has 0 saturated heterocycles. The monoisotopic (exact) mass is 285 g/mol. The van der Waals surface area contributed by atoms with Gasteiger partial charge in [0.05, 0.1) is 11.0 Å². The van der Waals surface area contributed by atoms with Crippen molar-refractivity contribution in [2.24, 2.45) is 5.92 Å². The summed E-state index contributed by atoms with van der Waals surface area (Å²) in [4.78, 5) is 16.3. The van der Waals surface area contributed by atoms with Crippen LogP contribution >= 0.6 is 0 Å². The van der Waals surface area contributed by atoms with E-state index in [-0.39, 0.29) is 5.91 Å². The predicted molar refractivity (Wildman–Crippen MR) is 84.1 cm³/mol. The maximum atomic E-state index is 11.6. The highest BCUT2D eigenvalue weighted by atomic mass is 16.2. The number of imidazole rings is 1. The van der Waals surface area contributed by atoms with Crippen LogP contribution in [-0.4, -0.2) is 22.0 Å². The predicted octanol–water partition coefficient (Wildman–Crippen LogP) is 2.91. The highest BCUT2D eigenvalue weighted by Crippen LogP contribution is 2.28. The van der Waals surface area contributed by atoms with Crippen molar-refractivity contribution in [1.29, 1.82) is 0 Å². The maximum Gasteiger partial charge on any atom is 0.223 e. The van der Waals surface area contributed by atoms with Gasteiger partial charge in [-0.05, 0) is 37.8 Å². The molecule has 1 fully saturated rings. The second-order valence-electron chi connectivity index (χ2n) is 5.84. The van der Waals surface area contributed by atoms with Crippen LogP contribution in [0.25, 0.3) is 11.0 Å². The summed E-state index contributed by atoms with van der Waals surface area (Å²) in [5.41, 5.74) is 2.29. The molecule has 1 aliphatic carbocycles. The number of carbonyl (C=O) groups is 1. The number of hydrogen-bond acceptors (Lipinski definition) is 2. The van der Waals surface area contributed by atoms with E-state index in [0.717, 1.165) is 56.5 Å². The Hall–Kier alpha value is -1.84. The highest BCUT2D eigenvalue weighted by Gasteiger charge is 2.28. The van der Waals surface area contributed by atoms with Crippen molar-refractivity contribution >= 4 is 16.9 Å². The summed E-state index contributed by atoms with van der Waals surface area (Å²) in [6, 6.07) is 8.30. The number of hydrogen-bond donors (Lipinski definition) is 1. The Kier molecular flexibility index (Phi) is 4.23. The fourth-order valence-corrected chi connectivity index (χ4v) is 2.74. The molecule has 1 aromatic heterocycles. The summed E-state index contributed by atoms with van der Waals surface area (Å²) in [6.45, 7) is 3.95. The van der Waals surface area contributed by atoms with Crippen LogP contribution in [0, 0.1) is 5.92 Å². The van der Waals surface area contributed by atoms with Gasteiger partial charge in [-0.25, -0.2) is 4.98 Å². The van der Waals surface area contributed by atoms with Gasteiger partial charge in [-0.15, -0.1) is 0 Å². The molecule has 1 aliphatic rings. The lowest BCUT2D eigenvalue weighted by Crippen LogP contribution is -2.26. The molecule has 1 heterocycles. The first-order valence-electron chi connectivity index (χ1n) is 8.01. The Morgan fingerprint density at radius 1 is 1.38 bits per heavy atom. The number of para-hydroxylation sites is 2. The van der Waals surface area contributed by atoms with Crippen LogP contribution in [0.5, 0.6) is 0 Å². The number of aryl methyl sites for hydroxylation is 2. The second kappa shape index (κ2) is 6.29. The second-order valence-corrected chi connectivity index (χ2v) is 5.84. The highest BCUT2D eigenvalue weighted by molar-refractivity contribution is 5.80. The number of amides is 1. The zero-order valence-electron chi connectivity index (χ0n) is 12.6. The lowest BCUT2D eigenvalue weighted by atomic mass is 10.2. The minimum Gasteiger partial charge on any atom is -0.356 e. The summed E-state index contributed by atoms with van der Waals surface area (Å²) < 4.78 is 2.32. The van der Waals surface area contributed by atoms with E-state index >= 15 is 0 Å². The van der Waals surface area contributed by atoms with Gasteiger partial charge in [-0.2, -0.15) is 0 Å². The molecule has 0 aliphatic heterocycles. The minimum atomic E-state index is 0.233. The minimum absolute atomic E-state index is 0.233. The Morgan fingerprint density at radius 3 is 2.95 bits per heavy atom. The molecular formula is C17H23N3O. The van der Waals surface area contributed by atoms with E-state index < -0.39 is 0 Å². The van der Waals surface area contributed by atoms with Crippen molar-refractivity contribution in [1.82, 2.24) is 14.9 Å². The average Bonchev–Trinajstić information content (AvgIpc) is 3.29. The van der Waals surface area contributed by atoms with Crippen LogP contribution in [0.4, 0.5) is 0 Å². The average molecular weight is 285 g/mol. The number of nitrogens with zero attached hydrogens (tertiary/aromatic N) is 2. The first-order valence-corrected chi connectivity index (χ1v) is 8.01. The maximum absolute atomic E-state index is 11.6. The van der Waals surface area contributed by atoms with Crippen molar-refractivity contribution in [3.8, 4) is 0 Å². The van der Waals surface area contributed by atoms with Crippen LogP contribution in [0.3, 0.4) is 0 Å². The Morgan fingerprint density at radius 2 is 2.19 bits per heavy atom. The molecule has 1 aromatic carbocycles. The van der Waals surface area contributed by atoms with Crippen molar-refractivity contribution < 1.29 is 4.79 Å². The molecule has 2 aromatic rings. The zero-order valence-corrected chi connectivity index (χ0v) is 12.6. The summed E-state index contributed by atoms with van der Waals surface area (Å²) >= 11 is 0. The van der Waals surface area contributed by atoms with Crippen molar-refractivity contribution in [2.45, 2.75) is 45.6 Å². The van der Waals surface area contributed by atoms with Gasteiger partial charge in [0.1, 0.15) is 5.82 Å². The topological polar surface area (TPSA) is 46.9 Å². The van der Waals surface area contributed by atoms with Gasteiger partial charge in [0.15, 0.2) is 0 Å². The fraction of sp³-hybridized carbons (Fsp3) is 0.529. The van der Waals surface area contributed by atoms with Crippen LogP contribution in [0.1, 0.15) is 38.4 Å². The van der Waals surface area contributed by atoms with E-state index in [1.165, 1.54) is 5.52 Å². The number of fused-ring (bicyclic) bond motifs is 1. The molecule has 0 bridgehead atoms. The lowest BCUT2D eigenvalue weighted by molar-refractivity contribution is -0.122. The normalized spacial score (nSPS) is 14.5. The number of benzene rings is 1. The molecule has 0 spiro atoms. The standard InChI is InChI=1S/C17H23N3O/c1-2-12-20-15-7-4-3-6-14(15)19-16(20)8-5-11-18-17(21)13-9-10-13/h3-4,6-7,13H,2,5,8-12H2,1H3,(H,18,21). The molecule has 0 radical (unpaired) electrons. The summed E-state index contributed by atoms with van der Waals surface area (Å²) in [7, 11) is 0. The van der Waals surface area contributed by atoms with Gasteiger partial charge < -0.3 is 9.88 Å². The number of nitrogens with one attached hydrogen (secondary N) is 1. The SMILES string of the molecule is CCCn1c(CCCNC(=O)C2CC2)nc2ccccc21. The third kappa shape index (κ3) is 3.26. The summed E-state index contributed by atoms with van der Waals surface area (Å²) in [5.74, 6) is 1.67. The van der Waals surface area contributed by atoms with Gasteiger partial charge in [0.25, 0.3) is 0 Å². The molecule has 3 rings (SSSR count). The van der Waals surface area contributed by atoms with Gasteiger partial charge in [0, 0.05) is 25.4 Å². The van der Waals surface area contributed by atoms with Crippen LogP contribution in [0.15, 0.2) is 24.3 Å². The van der Waals surface area contributed by atoms with E-state index in [9.17, 15) is 4.79 Å². The van der Waals surface area contributed by atoms with Gasteiger partial charge in [-0.1, -0.05) is 19.1 Å². The van der Waals surface area contributed by atoms with E-state index in [1.807, 2.05) is 6.07 Å². The van der Waals surface area contributed by atoms with Crippen LogP contribution in [0.2, 0.25) is 0 Å². The van der Waals surface area contributed by atoms with E-state index in [1.54, 1.807) is 0 Å². The molecule has 4 heteroatoms. The lowest BCUT2D eigenvalue weighted by Gasteiger charge is -2.08. The Balaban J connectivity index is 1.62. The Bertz CT molecular complexity index is 628. The zero-order chi connectivity index (χ0) is 14.7. The van der Waals surface area contributed by atoms with E-state index in [2.05, 4.69) is 35.0 Å². The van der Waals surface area contributed by atoms with Crippen LogP contribution < -0.4 is 5.32 Å². The first kappa shape index (κ1) is 14.1. The molecule has 1 saturated carbocycles. The molecule has 1 amide bonds. The molecule has 0 unspecified atom stereocenters. The van der Waals surface area contributed by atoms with Crippen molar-refractivity contribution in [3.63, 3.8) is 0 Å². The number of rotatable bonds is 7. The Labute approximate surface area is 125 Å². The summed E-state index contributed by atoms with van der Waals surface area (Å²) in [6.07, 6.45) is 5.10. The quantitative estimate of drug-likeness (QED) is 0.795. The first-order chi connectivity index (χ1) is 10.3. The molecule has 112 valence electrons. The number of carbonyl (C=O) groups excluding carboxylic acids is 1. The van der Waals surface area contributed by atoms with E-state index in [4.69, 9.17) is 4.98 Å².